The van der Waals surface area contributed by atoms with E-state index in [2.05, 4.69) is 15.1 Å². The molecule has 4 nitrogen and oxygen atoms in total. The molecule has 0 aliphatic heterocycles. The minimum atomic E-state index is -0.434. The van der Waals surface area contributed by atoms with Crippen LogP contribution in [0.25, 0.3) is 5.69 Å². The summed E-state index contributed by atoms with van der Waals surface area (Å²) < 4.78 is 2.14. The van der Waals surface area contributed by atoms with E-state index in [4.69, 9.17) is 11.6 Å². The van der Waals surface area contributed by atoms with Crippen molar-refractivity contribution in [1.82, 2.24) is 9.99 Å². The highest BCUT2D eigenvalue weighted by Crippen LogP contribution is 2.25. The molecule has 0 atom stereocenters. The molecular formula is C27H24ClN3O. The maximum atomic E-state index is 13.1. The highest BCUT2D eigenvalue weighted by molar-refractivity contribution is 6.30. The van der Waals surface area contributed by atoms with E-state index in [0.29, 0.717) is 5.02 Å². The molecule has 0 saturated carbocycles. The van der Waals surface area contributed by atoms with Crippen molar-refractivity contribution in [3.05, 3.63) is 124 Å². The molecule has 1 heterocycles. The Labute approximate surface area is 193 Å². The zero-order valence-corrected chi connectivity index (χ0v) is 18.8. The van der Waals surface area contributed by atoms with Gasteiger partial charge in [-0.25, -0.2) is 5.43 Å². The van der Waals surface area contributed by atoms with Gasteiger partial charge in [0.1, 0.15) is 0 Å². The fourth-order valence-corrected chi connectivity index (χ4v) is 4.05. The predicted molar refractivity (Wildman–Crippen MR) is 131 cm³/mol. The van der Waals surface area contributed by atoms with Gasteiger partial charge in [-0.15, -0.1) is 0 Å². The Balaban J connectivity index is 1.56. The van der Waals surface area contributed by atoms with Crippen LogP contribution in [0.5, 0.6) is 0 Å². The third-order valence-corrected chi connectivity index (χ3v) is 5.71. The normalized spacial score (nSPS) is 11.2. The van der Waals surface area contributed by atoms with Gasteiger partial charge in [0, 0.05) is 27.7 Å². The standard InChI is InChI=1S/C27H24ClN3O/c1-19-17-23(20(2)31(19)25-15-13-24(28)14-16-25)18-29-30-27(32)26(21-9-5-3-6-10-21)22-11-7-4-8-12-22/h3-18,26H,1-2H3,(H,30,32)/b29-18-. The fraction of sp³-hybridized carbons (Fsp3) is 0.111. The van der Waals surface area contributed by atoms with Crippen LogP contribution in [0.15, 0.2) is 96.1 Å². The maximum absolute atomic E-state index is 13.1. The van der Waals surface area contributed by atoms with Gasteiger partial charge >= 0.3 is 0 Å². The van der Waals surface area contributed by atoms with Crippen molar-refractivity contribution < 1.29 is 4.79 Å². The summed E-state index contributed by atoms with van der Waals surface area (Å²) in [6, 6.07) is 29.2. The van der Waals surface area contributed by atoms with Crippen LogP contribution < -0.4 is 5.43 Å². The number of nitrogens with one attached hydrogen (secondary N) is 1. The molecule has 0 spiro atoms. The topological polar surface area (TPSA) is 46.4 Å². The second-order valence-electron chi connectivity index (χ2n) is 7.63. The lowest BCUT2D eigenvalue weighted by molar-refractivity contribution is -0.121. The number of hydrogen-bond donors (Lipinski definition) is 1. The molecule has 0 bridgehead atoms. The molecule has 3 aromatic carbocycles. The van der Waals surface area contributed by atoms with Crippen molar-refractivity contribution in [2.75, 3.05) is 0 Å². The van der Waals surface area contributed by atoms with Gasteiger partial charge in [0.2, 0.25) is 0 Å². The van der Waals surface area contributed by atoms with Crippen molar-refractivity contribution in [2.24, 2.45) is 5.10 Å². The van der Waals surface area contributed by atoms with E-state index >= 15 is 0 Å². The van der Waals surface area contributed by atoms with Gasteiger partial charge in [0.25, 0.3) is 5.91 Å². The number of hydrogen-bond acceptors (Lipinski definition) is 2. The number of benzene rings is 3. The number of hydrazone groups is 1. The second kappa shape index (κ2) is 9.67. The Morgan fingerprint density at radius 3 is 2.03 bits per heavy atom. The smallest absolute Gasteiger partial charge is 0.252 e. The average Bonchev–Trinajstić information content (AvgIpc) is 3.09. The Morgan fingerprint density at radius 2 is 1.47 bits per heavy atom. The molecule has 0 fully saturated rings. The quantitative estimate of drug-likeness (QED) is 0.288. The van der Waals surface area contributed by atoms with Gasteiger partial charge in [-0.2, -0.15) is 5.10 Å². The summed E-state index contributed by atoms with van der Waals surface area (Å²) in [5.74, 6) is -0.610. The molecule has 1 N–H and O–H groups in total. The van der Waals surface area contributed by atoms with Crippen LogP contribution in [-0.2, 0) is 4.79 Å². The molecule has 0 unspecified atom stereocenters. The first-order valence-electron chi connectivity index (χ1n) is 10.4. The highest BCUT2D eigenvalue weighted by Gasteiger charge is 2.22. The van der Waals surface area contributed by atoms with E-state index in [1.165, 1.54) is 0 Å². The van der Waals surface area contributed by atoms with Crippen molar-refractivity contribution in [2.45, 2.75) is 19.8 Å². The Kier molecular flexibility index (Phi) is 6.52. The number of aryl methyl sites for hydroxylation is 1. The van der Waals surface area contributed by atoms with E-state index in [1.54, 1.807) is 6.21 Å². The summed E-state index contributed by atoms with van der Waals surface area (Å²) in [7, 11) is 0. The molecule has 0 radical (unpaired) electrons. The van der Waals surface area contributed by atoms with Gasteiger partial charge in [-0.3, -0.25) is 4.79 Å². The maximum Gasteiger partial charge on any atom is 0.252 e. The van der Waals surface area contributed by atoms with E-state index in [9.17, 15) is 4.79 Å². The first-order chi connectivity index (χ1) is 15.5. The van der Waals surface area contributed by atoms with Crippen LogP contribution in [-0.4, -0.2) is 16.7 Å². The van der Waals surface area contributed by atoms with Crippen LogP contribution in [0.1, 0.15) is 34.0 Å². The number of carbonyl (C=O) groups excluding carboxylic acids is 1. The van der Waals surface area contributed by atoms with Crippen molar-refractivity contribution in [1.29, 1.82) is 0 Å². The number of rotatable bonds is 6. The van der Waals surface area contributed by atoms with Gasteiger partial charge < -0.3 is 4.57 Å². The monoisotopic (exact) mass is 441 g/mol. The number of amides is 1. The van der Waals surface area contributed by atoms with Crippen molar-refractivity contribution >= 4 is 23.7 Å². The van der Waals surface area contributed by atoms with Crippen LogP contribution in [0, 0.1) is 13.8 Å². The molecule has 160 valence electrons. The minimum absolute atomic E-state index is 0.176. The summed E-state index contributed by atoms with van der Waals surface area (Å²) in [5.41, 5.74) is 8.66. The molecule has 32 heavy (non-hydrogen) atoms. The largest absolute Gasteiger partial charge is 0.318 e. The lowest BCUT2D eigenvalue weighted by Crippen LogP contribution is -2.26. The Hall–Kier alpha value is -3.63. The Morgan fingerprint density at radius 1 is 0.906 bits per heavy atom. The summed E-state index contributed by atoms with van der Waals surface area (Å²) in [6.45, 7) is 4.07. The molecule has 5 heteroatoms. The molecule has 1 amide bonds. The third kappa shape index (κ3) is 4.66. The number of carbonyl (C=O) groups is 1. The van der Waals surface area contributed by atoms with Crippen LogP contribution in [0.4, 0.5) is 0 Å². The highest BCUT2D eigenvalue weighted by atomic mass is 35.5. The summed E-state index contributed by atoms with van der Waals surface area (Å²) >= 11 is 6.03. The molecule has 0 saturated heterocycles. The third-order valence-electron chi connectivity index (χ3n) is 5.46. The predicted octanol–water partition coefficient (Wildman–Crippen LogP) is 6.03. The van der Waals surface area contributed by atoms with Crippen molar-refractivity contribution in [3.63, 3.8) is 0 Å². The first-order valence-corrected chi connectivity index (χ1v) is 10.8. The summed E-state index contributed by atoms with van der Waals surface area (Å²) in [6.07, 6.45) is 1.69. The van der Waals surface area contributed by atoms with E-state index in [-0.39, 0.29) is 5.91 Å². The second-order valence-corrected chi connectivity index (χ2v) is 8.06. The molecule has 1 aromatic heterocycles. The van der Waals surface area contributed by atoms with Crippen LogP contribution >= 0.6 is 11.6 Å². The lowest BCUT2D eigenvalue weighted by Gasteiger charge is -2.16. The summed E-state index contributed by atoms with van der Waals surface area (Å²) in [4.78, 5) is 13.1. The van der Waals surface area contributed by atoms with E-state index in [0.717, 1.165) is 33.8 Å². The average molecular weight is 442 g/mol. The zero-order valence-electron chi connectivity index (χ0n) is 18.0. The van der Waals surface area contributed by atoms with Crippen molar-refractivity contribution in [3.8, 4) is 5.69 Å². The molecule has 0 aliphatic rings. The van der Waals surface area contributed by atoms with Gasteiger partial charge in [0.05, 0.1) is 12.1 Å². The molecule has 4 aromatic rings. The SMILES string of the molecule is Cc1cc(/C=N\NC(=O)C(c2ccccc2)c2ccccc2)c(C)n1-c1ccc(Cl)cc1. The summed E-state index contributed by atoms with van der Waals surface area (Å²) in [5, 5.41) is 4.98. The molecular weight excluding hydrogens is 418 g/mol. The molecule has 4 rings (SSSR count). The van der Waals surface area contributed by atoms with Gasteiger partial charge in [0.15, 0.2) is 0 Å². The zero-order chi connectivity index (χ0) is 22.5. The van der Waals surface area contributed by atoms with Crippen LogP contribution in [0.3, 0.4) is 0 Å². The number of halogens is 1. The minimum Gasteiger partial charge on any atom is -0.318 e. The van der Waals surface area contributed by atoms with E-state index < -0.39 is 5.92 Å². The lowest BCUT2D eigenvalue weighted by atomic mass is 9.91. The number of nitrogens with zero attached hydrogens (tertiary/aromatic N) is 2. The van der Waals surface area contributed by atoms with Gasteiger partial charge in [-0.05, 0) is 55.3 Å². The number of aromatic nitrogens is 1. The van der Waals surface area contributed by atoms with Gasteiger partial charge in [-0.1, -0.05) is 72.3 Å². The Bertz CT molecular complexity index is 1190. The van der Waals surface area contributed by atoms with Crippen LogP contribution in [0.2, 0.25) is 5.02 Å². The fourth-order valence-electron chi connectivity index (χ4n) is 3.92. The first kappa shape index (κ1) is 21.6. The van der Waals surface area contributed by atoms with E-state index in [1.807, 2.05) is 105 Å². The molecule has 0 aliphatic carbocycles.